The van der Waals surface area contributed by atoms with Crippen molar-refractivity contribution in [3.05, 3.63) is 32.8 Å². The number of rotatable bonds is 5. The first-order valence-corrected chi connectivity index (χ1v) is 7.45. The maximum absolute atomic E-state index is 12.3. The molecule has 108 valence electrons. The van der Waals surface area contributed by atoms with Crippen molar-refractivity contribution in [3.63, 3.8) is 0 Å². The molecule has 0 radical (unpaired) electrons. The summed E-state index contributed by atoms with van der Waals surface area (Å²) < 4.78 is 25.7. The Morgan fingerprint density at radius 1 is 1.50 bits per heavy atom. The molecule has 0 heterocycles. The second kappa shape index (κ2) is 6.22. The Hall–Kier alpha value is -1.62. The minimum Gasteiger partial charge on any atom is -0.258 e. The van der Waals surface area contributed by atoms with Crippen molar-refractivity contribution >= 4 is 27.3 Å². The van der Waals surface area contributed by atoms with Crippen LogP contribution in [0.1, 0.15) is 12.5 Å². The molecule has 0 atom stereocenters. The lowest BCUT2D eigenvalue weighted by atomic mass is 10.2. The van der Waals surface area contributed by atoms with Crippen molar-refractivity contribution in [2.75, 3.05) is 13.1 Å². The molecule has 0 aliphatic carbocycles. The van der Waals surface area contributed by atoms with Crippen LogP contribution in [0.4, 0.5) is 5.69 Å². The first-order chi connectivity index (χ1) is 9.25. The van der Waals surface area contributed by atoms with Gasteiger partial charge in [-0.25, -0.2) is 8.42 Å². The van der Waals surface area contributed by atoms with Crippen LogP contribution in [0.2, 0.25) is 5.02 Å². The maximum atomic E-state index is 12.3. The van der Waals surface area contributed by atoms with Gasteiger partial charge >= 0.3 is 0 Å². The lowest BCUT2D eigenvalue weighted by molar-refractivity contribution is -0.385. The van der Waals surface area contributed by atoms with Crippen molar-refractivity contribution in [1.82, 2.24) is 4.31 Å². The number of nitro benzene ring substituents is 1. The van der Waals surface area contributed by atoms with Crippen molar-refractivity contribution in [2.24, 2.45) is 0 Å². The highest BCUT2D eigenvalue weighted by atomic mass is 35.5. The smallest absolute Gasteiger partial charge is 0.258 e. The van der Waals surface area contributed by atoms with Gasteiger partial charge in [-0.3, -0.25) is 10.1 Å². The number of hydrogen-bond donors (Lipinski definition) is 0. The molecule has 0 spiro atoms. The molecule has 20 heavy (non-hydrogen) atoms. The molecular formula is C12H13ClN2O4S. The van der Waals surface area contributed by atoms with Gasteiger partial charge in [0.05, 0.1) is 21.4 Å². The van der Waals surface area contributed by atoms with Gasteiger partial charge in [0.1, 0.15) is 0 Å². The van der Waals surface area contributed by atoms with Crippen molar-refractivity contribution in [2.45, 2.75) is 18.7 Å². The van der Waals surface area contributed by atoms with Crippen LogP contribution in [0.5, 0.6) is 0 Å². The molecule has 1 aromatic rings. The summed E-state index contributed by atoms with van der Waals surface area (Å²) in [6.07, 6.45) is 5.12. The minimum atomic E-state index is -3.91. The third-order valence-electron chi connectivity index (χ3n) is 2.75. The lowest BCUT2D eigenvalue weighted by Crippen LogP contribution is -2.31. The van der Waals surface area contributed by atoms with Gasteiger partial charge in [0.15, 0.2) is 0 Å². The number of benzene rings is 1. The summed E-state index contributed by atoms with van der Waals surface area (Å²) in [6, 6.07) is 2.19. The highest BCUT2D eigenvalue weighted by Gasteiger charge is 2.26. The van der Waals surface area contributed by atoms with E-state index in [0.29, 0.717) is 0 Å². The second-order valence-electron chi connectivity index (χ2n) is 3.94. The number of halogens is 1. The Morgan fingerprint density at radius 2 is 2.10 bits per heavy atom. The zero-order valence-electron chi connectivity index (χ0n) is 11.0. The van der Waals surface area contributed by atoms with E-state index in [4.69, 9.17) is 18.0 Å². The predicted molar refractivity (Wildman–Crippen MR) is 76.1 cm³/mol. The molecule has 0 N–H and O–H groups in total. The zero-order valence-corrected chi connectivity index (χ0v) is 12.5. The van der Waals surface area contributed by atoms with Gasteiger partial charge in [-0.2, -0.15) is 4.31 Å². The summed E-state index contributed by atoms with van der Waals surface area (Å²) in [5.41, 5.74) is -0.122. The van der Waals surface area contributed by atoms with Crippen LogP contribution in [-0.2, 0) is 10.0 Å². The van der Waals surface area contributed by atoms with E-state index in [1.165, 1.54) is 13.0 Å². The fourth-order valence-corrected chi connectivity index (χ4v) is 3.29. The molecule has 0 aromatic heterocycles. The number of nitro groups is 1. The SMILES string of the molecule is C#CCN(CC)S(=O)(=O)c1cc(Cl)c(C)c([N+](=O)[O-])c1. The largest absolute Gasteiger partial charge is 0.275 e. The van der Waals surface area contributed by atoms with Gasteiger partial charge < -0.3 is 0 Å². The monoisotopic (exact) mass is 316 g/mol. The molecule has 0 amide bonds. The standard InChI is InChI=1S/C12H13ClN2O4S/c1-4-6-14(5-2)20(18,19)10-7-11(13)9(3)12(8-10)15(16)17/h1,7-8H,5-6H2,2-3H3. The van der Waals surface area contributed by atoms with Crippen molar-refractivity contribution < 1.29 is 13.3 Å². The third kappa shape index (κ3) is 3.10. The van der Waals surface area contributed by atoms with E-state index in [2.05, 4.69) is 5.92 Å². The summed E-state index contributed by atoms with van der Waals surface area (Å²) in [5, 5.41) is 10.9. The third-order valence-corrected chi connectivity index (χ3v) is 5.04. The van der Waals surface area contributed by atoms with Gasteiger partial charge in [0.2, 0.25) is 10.0 Å². The fourth-order valence-electron chi connectivity index (χ4n) is 1.60. The molecule has 1 aromatic carbocycles. The number of hydrogen-bond acceptors (Lipinski definition) is 4. The van der Waals surface area contributed by atoms with Crippen LogP contribution in [0.3, 0.4) is 0 Å². The molecule has 0 saturated heterocycles. The van der Waals surface area contributed by atoms with E-state index >= 15 is 0 Å². The van der Waals surface area contributed by atoms with E-state index in [-0.39, 0.29) is 34.3 Å². The van der Waals surface area contributed by atoms with Gasteiger partial charge in [-0.05, 0) is 13.0 Å². The number of nitrogens with zero attached hydrogens (tertiary/aromatic N) is 2. The van der Waals surface area contributed by atoms with Gasteiger partial charge in [0.25, 0.3) is 5.69 Å². The lowest BCUT2D eigenvalue weighted by Gasteiger charge is -2.18. The molecule has 0 aliphatic heterocycles. The molecule has 0 saturated carbocycles. The van der Waals surface area contributed by atoms with Crippen molar-refractivity contribution in [1.29, 1.82) is 0 Å². The number of terminal acetylenes is 1. The van der Waals surface area contributed by atoms with Crippen LogP contribution < -0.4 is 0 Å². The summed E-state index contributed by atoms with van der Waals surface area (Å²) >= 11 is 5.87. The van der Waals surface area contributed by atoms with Crippen LogP contribution in [0.25, 0.3) is 0 Å². The Morgan fingerprint density at radius 3 is 2.55 bits per heavy atom. The molecule has 6 nitrogen and oxygen atoms in total. The summed E-state index contributed by atoms with van der Waals surface area (Å²) in [6.45, 7) is 3.12. The molecular weight excluding hydrogens is 304 g/mol. The summed E-state index contributed by atoms with van der Waals surface area (Å²) in [7, 11) is -3.91. The quantitative estimate of drug-likeness (QED) is 0.474. The van der Waals surface area contributed by atoms with E-state index in [1.54, 1.807) is 6.92 Å². The Balaban J connectivity index is 3.47. The van der Waals surface area contributed by atoms with Gasteiger partial charge in [-0.15, -0.1) is 6.42 Å². The molecule has 0 aliphatic rings. The predicted octanol–water partition coefficient (Wildman–Crippen LogP) is 2.20. The Labute approximate surface area is 122 Å². The van der Waals surface area contributed by atoms with Crippen LogP contribution in [0, 0.1) is 29.4 Å². The fraction of sp³-hybridized carbons (Fsp3) is 0.333. The highest BCUT2D eigenvalue weighted by Crippen LogP contribution is 2.30. The summed E-state index contributed by atoms with van der Waals surface area (Å²) in [4.78, 5) is 10.0. The second-order valence-corrected chi connectivity index (χ2v) is 6.29. The molecule has 8 heteroatoms. The highest BCUT2D eigenvalue weighted by molar-refractivity contribution is 7.89. The van der Waals surface area contributed by atoms with Crippen molar-refractivity contribution in [3.8, 4) is 12.3 Å². The molecule has 0 unspecified atom stereocenters. The van der Waals surface area contributed by atoms with E-state index < -0.39 is 14.9 Å². The van der Waals surface area contributed by atoms with Gasteiger partial charge in [-0.1, -0.05) is 24.4 Å². The topological polar surface area (TPSA) is 80.5 Å². The summed E-state index contributed by atoms with van der Waals surface area (Å²) in [5.74, 6) is 2.24. The van der Waals surface area contributed by atoms with Crippen LogP contribution in [0.15, 0.2) is 17.0 Å². The first-order valence-electron chi connectivity index (χ1n) is 5.63. The number of sulfonamides is 1. The minimum absolute atomic E-state index is 0.0227. The molecule has 0 bridgehead atoms. The van der Waals surface area contributed by atoms with Crippen LogP contribution in [-0.4, -0.2) is 30.7 Å². The molecule has 1 rings (SSSR count). The van der Waals surface area contributed by atoms with E-state index in [9.17, 15) is 18.5 Å². The Kier molecular flexibility index (Phi) is 5.11. The van der Waals surface area contributed by atoms with E-state index in [1.807, 2.05) is 0 Å². The van der Waals surface area contributed by atoms with E-state index in [0.717, 1.165) is 10.4 Å². The molecule has 0 fully saturated rings. The first kappa shape index (κ1) is 16.4. The average Bonchev–Trinajstić information content (AvgIpc) is 2.38. The maximum Gasteiger partial charge on any atom is 0.275 e. The van der Waals surface area contributed by atoms with Crippen LogP contribution >= 0.6 is 11.6 Å². The normalized spacial score (nSPS) is 11.3. The van der Waals surface area contributed by atoms with Gasteiger partial charge in [0, 0.05) is 18.2 Å². The Bertz CT molecular complexity index is 679. The average molecular weight is 317 g/mol. The zero-order chi connectivity index (χ0) is 15.5.